The van der Waals surface area contributed by atoms with E-state index in [1.165, 1.54) is 19.4 Å². The summed E-state index contributed by atoms with van der Waals surface area (Å²) in [6.07, 6.45) is 7.03. The minimum Gasteiger partial charge on any atom is -0.494 e. The van der Waals surface area contributed by atoms with Gasteiger partial charge in [-0.2, -0.15) is 10.2 Å². The predicted octanol–water partition coefficient (Wildman–Crippen LogP) is 2.84. The van der Waals surface area contributed by atoms with Crippen LogP contribution in [-0.2, 0) is 17.1 Å². The number of ether oxygens (including phenoxy) is 1. The second-order valence-corrected chi connectivity index (χ2v) is 8.93. The van der Waals surface area contributed by atoms with Crippen LogP contribution in [0.25, 0.3) is 16.7 Å². The van der Waals surface area contributed by atoms with Gasteiger partial charge in [0.25, 0.3) is 10.0 Å². The largest absolute Gasteiger partial charge is 0.494 e. The van der Waals surface area contributed by atoms with Crippen LogP contribution in [0.3, 0.4) is 0 Å². The van der Waals surface area contributed by atoms with Crippen molar-refractivity contribution in [2.45, 2.75) is 23.7 Å². The number of anilines is 1. The van der Waals surface area contributed by atoms with Crippen LogP contribution in [0, 0.1) is 0 Å². The van der Waals surface area contributed by atoms with E-state index in [-0.39, 0.29) is 4.90 Å². The molecule has 0 atom stereocenters. The first-order valence-electron chi connectivity index (χ1n) is 9.50. The molecule has 5 rings (SSSR count). The summed E-state index contributed by atoms with van der Waals surface area (Å²) in [5, 5.41) is 9.34. The van der Waals surface area contributed by atoms with Gasteiger partial charge in [0, 0.05) is 36.4 Å². The number of sulfonamides is 1. The number of benzene rings is 1. The lowest BCUT2D eigenvalue weighted by Crippen LogP contribution is -2.15. The fourth-order valence-corrected chi connectivity index (χ4v) is 4.58. The Kier molecular flexibility index (Phi) is 4.24. The van der Waals surface area contributed by atoms with Crippen LogP contribution in [-0.4, -0.2) is 40.1 Å². The number of aromatic nitrogens is 5. The average Bonchev–Trinajstić information content (AvgIpc) is 3.34. The first kappa shape index (κ1) is 18.6. The molecule has 3 heterocycles. The summed E-state index contributed by atoms with van der Waals surface area (Å²) in [5.74, 6) is 1.50. The van der Waals surface area contributed by atoms with E-state index < -0.39 is 10.0 Å². The smallest absolute Gasteiger partial charge is 0.263 e. The molecule has 3 aromatic heterocycles. The van der Waals surface area contributed by atoms with Gasteiger partial charge in [-0.1, -0.05) is 0 Å². The van der Waals surface area contributed by atoms with E-state index in [4.69, 9.17) is 4.74 Å². The maximum absolute atomic E-state index is 13.1. The number of nitrogens with one attached hydrogen (secondary N) is 1. The normalized spacial score (nSPS) is 14.2. The molecule has 1 saturated carbocycles. The summed E-state index contributed by atoms with van der Waals surface area (Å²) in [6.45, 7) is 0. The lowest BCUT2D eigenvalue weighted by Gasteiger charge is -2.14. The second kappa shape index (κ2) is 6.84. The third-order valence-corrected chi connectivity index (χ3v) is 6.57. The zero-order chi connectivity index (χ0) is 20.9. The molecule has 9 nitrogen and oxygen atoms in total. The van der Waals surface area contributed by atoms with E-state index in [2.05, 4.69) is 19.9 Å². The number of rotatable bonds is 6. The highest BCUT2D eigenvalue weighted by molar-refractivity contribution is 7.92. The molecule has 1 N–H and O–H groups in total. The van der Waals surface area contributed by atoms with Crippen LogP contribution >= 0.6 is 0 Å². The summed E-state index contributed by atoms with van der Waals surface area (Å²) < 4.78 is 37.5. The molecule has 1 aliphatic carbocycles. The highest BCUT2D eigenvalue weighted by Crippen LogP contribution is 2.40. The van der Waals surface area contributed by atoms with Gasteiger partial charge in [-0.15, -0.1) is 0 Å². The Hall–Kier alpha value is -3.40. The van der Waals surface area contributed by atoms with Crippen molar-refractivity contribution in [3.63, 3.8) is 0 Å². The fraction of sp³-hybridized carbons (Fsp3) is 0.250. The molecule has 30 heavy (non-hydrogen) atoms. The molecule has 0 aliphatic heterocycles. The Morgan fingerprint density at radius 2 is 1.93 bits per heavy atom. The second-order valence-electron chi connectivity index (χ2n) is 7.25. The van der Waals surface area contributed by atoms with Crippen LogP contribution in [0.4, 0.5) is 5.69 Å². The summed E-state index contributed by atoms with van der Waals surface area (Å²) >= 11 is 0. The highest BCUT2D eigenvalue weighted by atomic mass is 32.2. The number of aryl methyl sites for hydroxylation is 1. The Morgan fingerprint density at radius 1 is 1.10 bits per heavy atom. The topological polar surface area (TPSA) is 104 Å². The van der Waals surface area contributed by atoms with Crippen molar-refractivity contribution >= 4 is 26.6 Å². The summed E-state index contributed by atoms with van der Waals surface area (Å²) in [7, 11) is -0.654. The molecule has 0 saturated heterocycles. The number of hydrogen-bond acceptors (Lipinski definition) is 6. The van der Waals surface area contributed by atoms with Crippen molar-refractivity contribution in [2.24, 2.45) is 7.05 Å². The van der Waals surface area contributed by atoms with Gasteiger partial charge in [0.15, 0.2) is 5.82 Å². The van der Waals surface area contributed by atoms with E-state index in [1.807, 2.05) is 12.1 Å². The van der Waals surface area contributed by atoms with Crippen molar-refractivity contribution in [1.29, 1.82) is 0 Å². The standard InChI is InChI=1S/C20H20N6O3S/c1-25-20-14(11-23-25)5-7-17(29-2)19(20)24-30(27,28)15-6-8-18(21-12-15)26-16(9-10-22-26)13-3-4-13/h5-13,24H,3-4H2,1-2H3. The molecule has 0 radical (unpaired) electrons. The van der Waals surface area contributed by atoms with Gasteiger partial charge in [0.05, 0.1) is 18.8 Å². The van der Waals surface area contributed by atoms with Gasteiger partial charge in [-0.05, 0) is 43.2 Å². The molecular formula is C20H20N6O3S. The van der Waals surface area contributed by atoms with Crippen molar-refractivity contribution < 1.29 is 13.2 Å². The minimum absolute atomic E-state index is 0.0487. The summed E-state index contributed by atoms with van der Waals surface area (Å²) in [4.78, 5) is 4.39. The molecule has 10 heteroatoms. The Labute approximate surface area is 173 Å². The molecule has 0 spiro atoms. The van der Waals surface area contributed by atoms with Crippen LogP contribution in [0.15, 0.2) is 53.8 Å². The van der Waals surface area contributed by atoms with Crippen molar-refractivity contribution in [2.75, 3.05) is 11.8 Å². The van der Waals surface area contributed by atoms with Crippen molar-refractivity contribution in [3.05, 3.63) is 54.6 Å². The number of nitrogens with zero attached hydrogens (tertiary/aromatic N) is 5. The SMILES string of the molecule is COc1ccc2cnn(C)c2c1NS(=O)(=O)c1ccc(-n2nccc2C2CC2)nc1. The first-order chi connectivity index (χ1) is 14.5. The third-order valence-electron chi connectivity index (χ3n) is 5.24. The molecule has 0 bridgehead atoms. The van der Waals surface area contributed by atoms with Crippen LogP contribution in [0.1, 0.15) is 24.5 Å². The Bertz CT molecular complexity index is 1340. The van der Waals surface area contributed by atoms with Crippen molar-refractivity contribution in [3.8, 4) is 11.6 Å². The number of pyridine rings is 1. The predicted molar refractivity (Wildman–Crippen MR) is 111 cm³/mol. The van der Waals surface area contributed by atoms with E-state index in [9.17, 15) is 8.42 Å². The number of fused-ring (bicyclic) bond motifs is 1. The van der Waals surface area contributed by atoms with Gasteiger partial charge >= 0.3 is 0 Å². The monoisotopic (exact) mass is 424 g/mol. The van der Waals surface area contributed by atoms with Gasteiger partial charge in [-0.3, -0.25) is 9.40 Å². The summed E-state index contributed by atoms with van der Waals surface area (Å²) in [6, 6.07) is 8.71. The molecule has 0 unspecified atom stereocenters. The fourth-order valence-electron chi connectivity index (χ4n) is 3.56. The minimum atomic E-state index is -3.89. The van der Waals surface area contributed by atoms with E-state index in [0.29, 0.717) is 28.7 Å². The zero-order valence-corrected chi connectivity index (χ0v) is 17.3. The van der Waals surface area contributed by atoms with E-state index in [0.717, 1.165) is 23.9 Å². The maximum Gasteiger partial charge on any atom is 0.263 e. The molecule has 1 aromatic carbocycles. The molecule has 4 aromatic rings. The van der Waals surface area contributed by atoms with E-state index >= 15 is 0 Å². The molecular weight excluding hydrogens is 404 g/mol. The Morgan fingerprint density at radius 3 is 2.63 bits per heavy atom. The third kappa shape index (κ3) is 3.09. The molecule has 1 fully saturated rings. The average molecular weight is 424 g/mol. The molecule has 1 aliphatic rings. The van der Waals surface area contributed by atoms with Gasteiger partial charge in [0.2, 0.25) is 0 Å². The van der Waals surface area contributed by atoms with Crippen LogP contribution in [0.2, 0.25) is 0 Å². The lowest BCUT2D eigenvalue weighted by atomic mass is 10.2. The highest BCUT2D eigenvalue weighted by Gasteiger charge is 2.28. The van der Waals surface area contributed by atoms with Crippen LogP contribution in [0.5, 0.6) is 5.75 Å². The quantitative estimate of drug-likeness (QED) is 0.510. The van der Waals surface area contributed by atoms with Crippen molar-refractivity contribution in [1.82, 2.24) is 24.5 Å². The van der Waals surface area contributed by atoms with Gasteiger partial charge in [-0.25, -0.2) is 18.1 Å². The number of methoxy groups -OCH3 is 1. The number of hydrogen-bond donors (Lipinski definition) is 1. The zero-order valence-electron chi connectivity index (χ0n) is 16.5. The van der Waals surface area contributed by atoms with Crippen LogP contribution < -0.4 is 9.46 Å². The molecule has 0 amide bonds. The van der Waals surface area contributed by atoms with Gasteiger partial charge < -0.3 is 4.74 Å². The van der Waals surface area contributed by atoms with Gasteiger partial charge in [0.1, 0.15) is 16.3 Å². The lowest BCUT2D eigenvalue weighted by molar-refractivity contribution is 0.417. The first-order valence-corrected chi connectivity index (χ1v) is 11.0. The molecule has 154 valence electrons. The Balaban J connectivity index is 1.50. The van der Waals surface area contributed by atoms with E-state index in [1.54, 1.807) is 40.9 Å². The maximum atomic E-state index is 13.1. The summed E-state index contributed by atoms with van der Waals surface area (Å²) in [5.41, 5.74) is 2.07.